The minimum absolute atomic E-state index is 0.000650. The van der Waals surface area contributed by atoms with E-state index in [9.17, 15) is 14.9 Å². The van der Waals surface area contributed by atoms with Gasteiger partial charge in [0.15, 0.2) is 5.57 Å². The van der Waals surface area contributed by atoms with E-state index in [0.717, 1.165) is 36.4 Å². The van der Waals surface area contributed by atoms with E-state index in [4.69, 9.17) is 4.74 Å². The highest BCUT2D eigenvalue weighted by molar-refractivity contribution is 7.07. The van der Waals surface area contributed by atoms with Crippen LogP contribution in [0.15, 0.2) is 41.7 Å². The lowest BCUT2D eigenvalue weighted by atomic mass is 10.1. The van der Waals surface area contributed by atoms with E-state index < -0.39 is 5.97 Å². The van der Waals surface area contributed by atoms with Crippen molar-refractivity contribution in [2.24, 2.45) is 0 Å². The largest absolute Gasteiger partial charge is 0.457 e. The molecule has 180 valence electrons. The van der Waals surface area contributed by atoms with Gasteiger partial charge in [-0.3, -0.25) is 9.36 Å². The fraction of sp³-hybridized carbons (Fsp3) is 0.423. The number of ether oxygens (including phenoxy) is 1. The molecule has 0 unspecified atom stereocenters. The van der Waals surface area contributed by atoms with Gasteiger partial charge in [0.05, 0.1) is 0 Å². The predicted molar refractivity (Wildman–Crippen MR) is 137 cm³/mol. The number of nitrogens with zero attached hydrogens (tertiary/aromatic N) is 3. The molecule has 2 heterocycles. The van der Waals surface area contributed by atoms with E-state index in [1.165, 1.54) is 48.6 Å². The van der Waals surface area contributed by atoms with Crippen molar-refractivity contribution in [1.82, 2.24) is 9.47 Å². The molecule has 34 heavy (non-hydrogen) atoms. The topological polar surface area (TPSA) is 87.4 Å². The molecule has 1 aromatic heterocycles. The minimum Gasteiger partial charge on any atom is -0.457 e. The smallest absolute Gasteiger partial charge is 0.352 e. The number of esters is 1. The van der Waals surface area contributed by atoms with Gasteiger partial charge in [-0.25, -0.2) is 4.79 Å². The average molecular weight is 481 g/mol. The number of carbonyl (C=O) groups excluding carboxylic acids is 1. The summed E-state index contributed by atoms with van der Waals surface area (Å²) >= 11 is 1.10. The first-order chi connectivity index (χ1) is 16.6. The molecule has 0 atom stereocenters. The van der Waals surface area contributed by atoms with E-state index in [2.05, 4.69) is 28.9 Å². The second-order valence-electron chi connectivity index (χ2n) is 8.19. The van der Waals surface area contributed by atoms with Crippen LogP contribution >= 0.6 is 11.3 Å². The molecule has 0 radical (unpaired) electrons. The van der Waals surface area contributed by atoms with Crippen LogP contribution in [0.3, 0.4) is 0 Å². The first-order valence-electron chi connectivity index (χ1n) is 11.8. The van der Waals surface area contributed by atoms with Gasteiger partial charge in [-0.2, -0.15) is 5.26 Å². The average Bonchev–Trinajstić information content (AvgIpc) is 3.17. The van der Waals surface area contributed by atoms with Gasteiger partial charge < -0.3 is 15.0 Å². The van der Waals surface area contributed by atoms with Crippen molar-refractivity contribution in [3.05, 3.63) is 62.0 Å². The lowest BCUT2D eigenvalue weighted by Gasteiger charge is -2.26. The van der Waals surface area contributed by atoms with E-state index >= 15 is 0 Å². The molecule has 8 heteroatoms. The van der Waals surface area contributed by atoms with Crippen LogP contribution in [0.1, 0.15) is 38.2 Å². The molecular formula is C26H32N4O3S. The molecule has 1 aliphatic heterocycles. The molecule has 0 aliphatic carbocycles. The number of nitrogens with one attached hydrogen (secondary N) is 1. The van der Waals surface area contributed by atoms with Crippen molar-refractivity contribution in [2.45, 2.75) is 45.6 Å². The highest BCUT2D eigenvalue weighted by atomic mass is 32.1. The second kappa shape index (κ2) is 12.9. The molecule has 1 fully saturated rings. The maximum atomic E-state index is 12.9. The fourth-order valence-electron chi connectivity index (χ4n) is 4.04. The molecule has 1 N–H and O–H groups in total. The number of thiazole rings is 1. The van der Waals surface area contributed by atoms with Crippen LogP contribution in [-0.2, 0) is 22.5 Å². The number of piperidine rings is 1. The molecule has 0 saturated carbocycles. The first kappa shape index (κ1) is 25.5. The van der Waals surface area contributed by atoms with Crippen molar-refractivity contribution in [2.75, 3.05) is 31.6 Å². The van der Waals surface area contributed by atoms with Gasteiger partial charge in [0.2, 0.25) is 0 Å². The number of rotatable bonds is 10. The van der Waals surface area contributed by atoms with Gasteiger partial charge in [0.1, 0.15) is 21.9 Å². The Balaban J connectivity index is 1.76. The summed E-state index contributed by atoms with van der Waals surface area (Å²) in [6, 6.07) is 10.1. The number of anilines is 1. The molecule has 7 nitrogen and oxygen atoms in total. The molecule has 0 amide bonds. The summed E-state index contributed by atoms with van der Waals surface area (Å²) in [5.41, 5.74) is 1.71. The van der Waals surface area contributed by atoms with E-state index in [0.29, 0.717) is 15.7 Å². The number of hydrogen-bond acceptors (Lipinski definition) is 7. The summed E-state index contributed by atoms with van der Waals surface area (Å²) in [6.07, 6.45) is 9.17. The predicted octanol–water partition coefficient (Wildman–Crippen LogP) is 2.60. The number of nitriles is 1. The van der Waals surface area contributed by atoms with Crippen LogP contribution in [0.5, 0.6) is 0 Å². The molecular weight excluding hydrogens is 448 g/mol. The monoisotopic (exact) mass is 480 g/mol. The summed E-state index contributed by atoms with van der Waals surface area (Å²) in [5.74, 6) is -0.761. The van der Waals surface area contributed by atoms with Gasteiger partial charge in [0.25, 0.3) is 5.56 Å². The third kappa shape index (κ3) is 6.69. The SMILES string of the molecule is C=CCOC(=O)C(C#N)=c1sc(=CNc2cccc(CCCN3CCCCC3)c2)c(=O)n1CC. The summed E-state index contributed by atoms with van der Waals surface area (Å²) < 4.78 is 7.13. The number of aryl methyl sites for hydroxylation is 1. The Hall–Kier alpha value is -3.15. The van der Waals surface area contributed by atoms with Crippen molar-refractivity contribution in [3.63, 3.8) is 0 Å². The second-order valence-corrected chi connectivity index (χ2v) is 9.22. The van der Waals surface area contributed by atoms with Gasteiger partial charge in [-0.15, -0.1) is 11.3 Å². The molecule has 1 aromatic carbocycles. The highest BCUT2D eigenvalue weighted by Crippen LogP contribution is 2.14. The zero-order valence-corrected chi connectivity index (χ0v) is 20.5. The standard InChI is InChI=1S/C26H32N4O3S/c1-3-16-33-26(32)22(18-27)25-30(4-2)24(31)23(34-25)19-28-21-12-8-10-20(17-21)11-9-15-29-13-6-5-7-14-29/h3,8,10,12,17,19,28H,1,4-7,9,11,13-16H2,2H3. The summed E-state index contributed by atoms with van der Waals surface area (Å²) in [7, 11) is 0. The zero-order chi connectivity index (χ0) is 24.3. The molecule has 3 rings (SSSR count). The summed E-state index contributed by atoms with van der Waals surface area (Å²) in [6.45, 7) is 9.20. The minimum atomic E-state index is -0.761. The van der Waals surface area contributed by atoms with Crippen LogP contribution in [0.25, 0.3) is 11.8 Å². The Morgan fingerprint density at radius 2 is 2.12 bits per heavy atom. The molecule has 0 bridgehead atoms. The Labute approximate surface area is 204 Å². The van der Waals surface area contributed by atoms with Crippen molar-refractivity contribution in [3.8, 4) is 6.07 Å². The van der Waals surface area contributed by atoms with Crippen LogP contribution in [0.4, 0.5) is 5.69 Å². The molecule has 2 aromatic rings. The summed E-state index contributed by atoms with van der Waals surface area (Å²) in [5, 5.41) is 12.7. The lowest BCUT2D eigenvalue weighted by molar-refractivity contribution is -0.135. The van der Waals surface area contributed by atoms with Crippen LogP contribution in [0, 0.1) is 11.3 Å². The molecule has 1 saturated heterocycles. The number of carbonyl (C=O) groups is 1. The first-order valence-corrected chi connectivity index (χ1v) is 12.6. The Morgan fingerprint density at radius 3 is 2.82 bits per heavy atom. The third-order valence-corrected chi connectivity index (χ3v) is 6.90. The normalized spacial score (nSPS) is 15.5. The summed E-state index contributed by atoms with van der Waals surface area (Å²) in [4.78, 5) is 27.7. The highest BCUT2D eigenvalue weighted by Gasteiger charge is 2.16. The Bertz CT molecular complexity index is 1220. The van der Waals surface area contributed by atoms with Gasteiger partial charge in [-0.1, -0.05) is 31.2 Å². The fourth-order valence-corrected chi connectivity index (χ4v) is 5.11. The Morgan fingerprint density at radius 1 is 1.32 bits per heavy atom. The maximum Gasteiger partial charge on any atom is 0.352 e. The van der Waals surface area contributed by atoms with Gasteiger partial charge in [0, 0.05) is 18.4 Å². The zero-order valence-electron chi connectivity index (χ0n) is 19.7. The lowest BCUT2D eigenvalue weighted by Crippen LogP contribution is -2.32. The van der Waals surface area contributed by atoms with Crippen molar-refractivity contribution >= 4 is 34.8 Å². The van der Waals surface area contributed by atoms with E-state index in [1.54, 1.807) is 13.1 Å². The van der Waals surface area contributed by atoms with E-state index in [1.807, 2.05) is 18.2 Å². The number of benzene rings is 1. The van der Waals surface area contributed by atoms with Crippen LogP contribution in [-0.4, -0.2) is 41.7 Å². The molecule has 1 aliphatic rings. The van der Waals surface area contributed by atoms with Gasteiger partial charge >= 0.3 is 5.97 Å². The Kier molecular flexibility index (Phi) is 9.68. The number of aromatic nitrogens is 1. The molecule has 0 spiro atoms. The van der Waals surface area contributed by atoms with Crippen LogP contribution < -0.4 is 20.1 Å². The van der Waals surface area contributed by atoms with Crippen LogP contribution in [0.2, 0.25) is 0 Å². The van der Waals surface area contributed by atoms with Crippen molar-refractivity contribution in [1.29, 1.82) is 5.26 Å². The van der Waals surface area contributed by atoms with Gasteiger partial charge in [-0.05, 0) is 69.9 Å². The number of hydrogen-bond donors (Lipinski definition) is 1. The van der Waals surface area contributed by atoms with Crippen molar-refractivity contribution < 1.29 is 9.53 Å². The quantitative estimate of drug-likeness (QED) is 0.416. The third-order valence-electron chi connectivity index (χ3n) is 5.77. The van der Waals surface area contributed by atoms with E-state index in [-0.39, 0.29) is 17.7 Å². The maximum absolute atomic E-state index is 12.9. The number of likely N-dealkylation sites (tertiary alicyclic amines) is 1.